The number of amides is 3. The standard InChI is InChI=1S/C40H38N4O7S2/c1-25-42-43-40(53-25)52-24-32-19-35(29-13-11-26(22-45)12-14-29)51-38(50-32)30-17-15-28(16-18-30)33-10-6-5-9-31(33)21-44-36(46)20-34(37(44)47)41-39(48)49-23-27-7-3-2-4-8-27/h2-18,32,34-35,38,45H,19-24H2,1H3,(H,41,48)/t32-,34?,35+,38+/m1/s1. The van der Waals surface area contributed by atoms with E-state index in [1.165, 1.54) is 4.90 Å². The van der Waals surface area contributed by atoms with Gasteiger partial charge in [-0.25, -0.2) is 4.79 Å². The normalized spacial score (nSPS) is 20.1. The van der Waals surface area contributed by atoms with E-state index in [1.807, 2.05) is 110 Å². The average molecular weight is 751 g/mol. The molecule has 2 fully saturated rings. The van der Waals surface area contributed by atoms with Crippen molar-refractivity contribution in [2.24, 2.45) is 0 Å². The molecule has 0 saturated carbocycles. The van der Waals surface area contributed by atoms with Crippen LogP contribution in [-0.2, 0) is 43.6 Å². The topological polar surface area (TPSA) is 140 Å². The fourth-order valence-electron chi connectivity index (χ4n) is 6.32. The van der Waals surface area contributed by atoms with Crippen molar-refractivity contribution in [1.29, 1.82) is 0 Å². The molecule has 0 spiro atoms. The van der Waals surface area contributed by atoms with Crippen LogP contribution in [0.4, 0.5) is 4.79 Å². The summed E-state index contributed by atoms with van der Waals surface area (Å²) in [4.78, 5) is 39.9. The largest absolute Gasteiger partial charge is 0.445 e. The number of imide groups is 1. The highest BCUT2D eigenvalue weighted by Gasteiger charge is 2.40. The first-order chi connectivity index (χ1) is 25.8. The van der Waals surface area contributed by atoms with Gasteiger partial charge in [-0.2, -0.15) is 0 Å². The van der Waals surface area contributed by atoms with E-state index in [-0.39, 0.29) is 44.3 Å². The van der Waals surface area contributed by atoms with E-state index >= 15 is 0 Å². The number of alkyl carbamates (subject to hydrolysis) is 1. The molecular formula is C40H38N4O7S2. The number of aliphatic hydroxyl groups is 1. The van der Waals surface area contributed by atoms with E-state index in [4.69, 9.17) is 14.2 Å². The summed E-state index contributed by atoms with van der Waals surface area (Å²) in [6, 6.07) is 31.5. The number of benzene rings is 4. The summed E-state index contributed by atoms with van der Waals surface area (Å²) in [5, 5.41) is 21.4. The third-order valence-electron chi connectivity index (χ3n) is 9.10. The van der Waals surface area contributed by atoms with Gasteiger partial charge in [0.1, 0.15) is 17.7 Å². The lowest BCUT2D eigenvalue weighted by Crippen LogP contribution is -2.41. The van der Waals surface area contributed by atoms with Crippen LogP contribution in [0.15, 0.2) is 107 Å². The predicted octanol–water partition coefficient (Wildman–Crippen LogP) is 6.90. The zero-order chi connectivity index (χ0) is 36.7. The predicted molar refractivity (Wildman–Crippen MR) is 199 cm³/mol. The van der Waals surface area contributed by atoms with Gasteiger partial charge < -0.3 is 24.6 Å². The zero-order valence-corrected chi connectivity index (χ0v) is 30.6. The van der Waals surface area contributed by atoms with Crippen LogP contribution in [0, 0.1) is 6.92 Å². The molecule has 1 aromatic heterocycles. The molecule has 2 saturated heterocycles. The molecule has 7 rings (SSSR count). The fourth-order valence-corrected chi connectivity index (χ4v) is 8.18. The Balaban J connectivity index is 1.03. The SMILES string of the molecule is Cc1nnc(SC[C@H]2C[C@@H](c3ccc(CO)cc3)O[C@@H](c3ccc(-c4ccccc4CN4C(=O)CC(NC(=O)OCc5ccccc5)C4=O)cc3)O2)s1. The molecule has 3 amide bonds. The van der Waals surface area contributed by atoms with E-state index in [2.05, 4.69) is 15.5 Å². The van der Waals surface area contributed by atoms with Crippen LogP contribution in [-0.4, -0.2) is 56.0 Å². The van der Waals surface area contributed by atoms with Crippen molar-refractivity contribution >= 4 is 41.0 Å². The summed E-state index contributed by atoms with van der Waals surface area (Å²) >= 11 is 3.18. The molecule has 11 nitrogen and oxygen atoms in total. The Bertz CT molecular complexity index is 2040. The maximum absolute atomic E-state index is 13.3. The lowest BCUT2D eigenvalue weighted by Gasteiger charge is -2.36. The number of nitrogens with one attached hydrogen (secondary N) is 1. The van der Waals surface area contributed by atoms with Crippen molar-refractivity contribution < 1.29 is 33.7 Å². The van der Waals surface area contributed by atoms with Crippen molar-refractivity contribution in [3.63, 3.8) is 0 Å². The first-order valence-corrected chi connectivity index (χ1v) is 19.1. The van der Waals surface area contributed by atoms with Crippen molar-refractivity contribution in [1.82, 2.24) is 20.4 Å². The molecule has 53 heavy (non-hydrogen) atoms. The van der Waals surface area contributed by atoms with E-state index in [0.717, 1.165) is 48.3 Å². The first-order valence-electron chi connectivity index (χ1n) is 17.3. The van der Waals surface area contributed by atoms with Crippen LogP contribution in [0.5, 0.6) is 0 Å². The van der Waals surface area contributed by atoms with Gasteiger partial charge in [0.2, 0.25) is 5.91 Å². The van der Waals surface area contributed by atoms with E-state index < -0.39 is 24.3 Å². The van der Waals surface area contributed by atoms with Crippen molar-refractivity contribution in [3.8, 4) is 11.1 Å². The van der Waals surface area contributed by atoms with Gasteiger partial charge in [0, 0.05) is 17.7 Å². The highest BCUT2D eigenvalue weighted by Crippen LogP contribution is 2.40. The van der Waals surface area contributed by atoms with Crippen molar-refractivity contribution in [2.45, 2.75) is 68.4 Å². The van der Waals surface area contributed by atoms with Crippen LogP contribution in [0.1, 0.15) is 58.1 Å². The second kappa shape index (κ2) is 16.8. The molecule has 0 bridgehead atoms. The molecular weight excluding hydrogens is 713 g/mol. The number of carbonyl (C=O) groups is 3. The summed E-state index contributed by atoms with van der Waals surface area (Å²) in [5.41, 5.74) is 6.06. The van der Waals surface area contributed by atoms with Gasteiger partial charge >= 0.3 is 6.09 Å². The number of thioether (sulfide) groups is 1. The van der Waals surface area contributed by atoms with E-state index in [0.29, 0.717) is 12.2 Å². The summed E-state index contributed by atoms with van der Waals surface area (Å²) in [5.74, 6) is -0.155. The van der Waals surface area contributed by atoms with Crippen LogP contribution in [0.2, 0.25) is 0 Å². The number of aromatic nitrogens is 2. The number of aliphatic hydroxyl groups excluding tert-OH is 1. The number of likely N-dealkylation sites (tertiary alicyclic amines) is 1. The Morgan fingerprint density at radius 1 is 0.925 bits per heavy atom. The molecule has 2 aliphatic rings. The van der Waals surface area contributed by atoms with Gasteiger partial charge in [-0.1, -0.05) is 126 Å². The van der Waals surface area contributed by atoms with Crippen LogP contribution >= 0.6 is 23.1 Å². The third kappa shape index (κ3) is 9.00. The smallest absolute Gasteiger partial charge is 0.408 e. The van der Waals surface area contributed by atoms with Crippen LogP contribution in [0.3, 0.4) is 0 Å². The Hall–Kier alpha value is -4.92. The quantitative estimate of drug-likeness (QED) is 0.102. The second-order valence-electron chi connectivity index (χ2n) is 12.8. The molecule has 5 aromatic rings. The highest BCUT2D eigenvalue weighted by atomic mass is 32.2. The zero-order valence-electron chi connectivity index (χ0n) is 28.9. The minimum Gasteiger partial charge on any atom is -0.445 e. The molecule has 0 radical (unpaired) electrons. The van der Waals surface area contributed by atoms with Gasteiger partial charge in [0.15, 0.2) is 10.6 Å². The number of carbonyl (C=O) groups excluding carboxylic acids is 3. The molecule has 272 valence electrons. The number of hydrogen-bond donors (Lipinski definition) is 2. The monoisotopic (exact) mass is 750 g/mol. The van der Waals surface area contributed by atoms with Gasteiger partial charge in [-0.15, -0.1) is 10.2 Å². The molecule has 13 heteroatoms. The number of hydrogen-bond acceptors (Lipinski definition) is 11. The Kier molecular flexibility index (Phi) is 11.6. The van der Waals surface area contributed by atoms with Gasteiger partial charge in [-0.05, 0) is 40.3 Å². The summed E-state index contributed by atoms with van der Waals surface area (Å²) in [7, 11) is 0. The Labute approximate surface area is 315 Å². The molecule has 4 atom stereocenters. The number of rotatable bonds is 12. The van der Waals surface area contributed by atoms with Crippen LogP contribution in [0.25, 0.3) is 11.1 Å². The molecule has 3 heterocycles. The summed E-state index contributed by atoms with van der Waals surface area (Å²) < 4.78 is 19.2. The minimum absolute atomic E-state index is 0.0259. The van der Waals surface area contributed by atoms with Gasteiger partial charge in [0.05, 0.1) is 31.8 Å². The van der Waals surface area contributed by atoms with Crippen LogP contribution < -0.4 is 5.32 Å². The summed E-state index contributed by atoms with van der Waals surface area (Å²) in [6.45, 7) is 2.03. The Morgan fingerprint density at radius 3 is 2.40 bits per heavy atom. The summed E-state index contributed by atoms with van der Waals surface area (Å²) in [6.07, 6.45) is -1.19. The van der Waals surface area contributed by atoms with Crippen molar-refractivity contribution in [3.05, 3.63) is 136 Å². The lowest BCUT2D eigenvalue weighted by molar-refractivity contribution is -0.245. The molecule has 2 N–H and O–H groups in total. The molecule has 4 aromatic carbocycles. The Morgan fingerprint density at radius 2 is 1.66 bits per heavy atom. The lowest BCUT2D eigenvalue weighted by atomic mass is 9.97. The fraction of sp³-hybridized carbons (Fsp3) is 0.275. The highest BCUT2D eigenvalue weighted by molar-refractivity contribution is 8.01. The van der Waals surface area contributed by atoms with E-state index in [9.17, 15) is 19.5 Å². The minimum atomic E-state index is -0.992. The van der Waals surface area contributed by atoms with E-state index in [1.54, 1.807) is 23.1 Å². The second-order valence-corrected chi connectivity index (χ2v) is 15.3. The third-order valence-corrected chi connectivity index (χ3v) is 11.2. The number of aryl methyl sites for hydroxylation is 1. The maximum atomic E-state index is 13.3. The van der Waals surface area contributed by atoms with Gasteiger partial charge in [0.25, 0.3) is 5.91 Å². The molecule has 0 aliphatic carbocycles. The first kappa shape index (κ1) is 36.4. The van der Waals surface area contributed by atoms with Gasteiger partial charge in [-0.3, -0.25) is 14.5 Å². The molecule has 1 unspecified atom stereocenters. The van der Waals surface area contributed by atoms with Crippen molar-refractivity contribution in [2.75, 3.05) is 5.75 Å². The number of nitrogens with zero attached hydrogens (tertiary/aromatic N) is 3. The number of ether oxygens (including phenoxy) is 3. The average Bonchev–Trinajstić information content (AvgIpc) is 3.73. The maximum Gasteiger partial charge on any atom is 0.408 e. The molecule has 2 aliphatic heterocycles.